The van der Waals surface area contributed by atoms with Crippen LogP contribution in [0.2, 0.25) is 0 Å². The van der Waals surface area contributed by atoms with Crippen LogP contribution in [-0.2, 0) is 0 Å². The number of hydrogen-bond acceptors (Lipinski definition) is 3. The molecule has 0 bridgehead atoms. The van der Waals surface area contributed by atoms with Crippen LogP contribution in [0.25, 0.3) is 0 Å². The third kappa shape index (κ3) is 5.71. The Bertz CT molecular complexity index is 679. The summed E-state index contributed by atoms with van der Waals surface area (Å²) >= 11 is 0. The van der Waals surface area contributed by atoms with Gasteiger partial charge in [-0.3, -0.25) is 0 Å². The van der Waals surface area contributed by atoms with E-state index in [9.17, 15) is 15.3 Å². The monoisotopic (exact) mass is 434 g/mol. The van der Waals surface area contributed by atoms with Crippen LogP contribution in [-0.4, -0.2) is 39.1 Å². The van der Waals surface area contributed by atoms with Gasteiger partial charge in [-0.1, -0.05) is 52.0 Å². The number of hydrogen-bond donors (Lipinski definition) is 3. The van der Waals surface area contributed by atoms with Crippen LogP contribution in [0.5, 0.6) is 0 Å². The first kappa shape index (κ1) is 26.3. The second kappa shape index (κ2) is 10.8. The molecule has 1 unspecified atom stereocenters. The highest BCUT2D eigenvalue weighted by Gasteiger charge is 2.50. The Morgan fingerprint density at radius 2 is 1.84 bits per heavy atom. The fourth-order valence-corrected chi connectivity index (χ4v) is 6.65. The molecule has 4 nitrogen and oxygen atoms in total. The molecule has 0 aromatic rings. The molecule has 7 atom stereocenters. The summed E-state index contributed by atoms with van der Waals surface area (Å²) in [6, 6.07) is 0. The highest BCUT2D eigenvalue weighted by Crippen LogP contribution is 2.60. The lowest BCUT2D eigenvalue weighted by atomic mass is 9.60. The molecular weight excluding hydrogens is 388 g/mol. The first-order valence-corrected chi connectivity index (χ1v) is 12.3. The van der Waals surface area contributed by atoms with Crippen LogP contribution in [0.1, 0.15) is 85.5 Å². The van der Waals surface area contributed by atoms with Crippen molar-refractivity contribution in [1.82, 2.24) is 0 Å². The van der Waals surface area contributed by atoms with Gasteiger partial charge in [-0.2, -0.15) is 0 Å². The van der Waals surface area contributed by atoms with Crippen LogP contribution >= 0.6 is 0 Å². The number of aliphatic hydroxyl groups is 3. The number of rotatable bonds is 6. The van der Waals surface area contributed by atoms with E-state index < -0.39 is 12.2 Å². The van der Waals surface area contributed by atoms with E-state index in [-0.39, 0.29) is 11.6 Å². The second-order valence-electron chi connectivity index (χ2n) is 11.0. The Labute approximate surface area is 189 Å². The zero-order valence-corrected chi connectivity index (χ0v) is 20.1. The van der Waals surface area contributed by atoms with E-state index in [1.165, 1.54) is 25.7 Å². The Hall–Kier alpha value is -0.940. The van der Waals surface area contributed by atoms with Gasteiger partial charge in [-0.15, -0.1) is 0 Å². The van der Waals surface area contributed by atoms with Crippen LogP contribution in [0.3, 0.4) is 0 Å². The standard InChI is InChI=1S/C27H44O3.H2O/c1-17(2)25(29)13-8-18(3)23-11-12-24-20(7-6-14-27(23,24)5)9-10-21-15-22(28)16-26(30)19(21)4;/h9-10,17-18,22-26,28-30H,4,6-8,11-16H2,1-3,5H3;1H2/b20-9-,21-10-;/t18-,22-,23-,24+,25+,26+,27?;/m1./s1. The van der Waals surface area contributed by atoms with E-state index in [4.69, 9.17) is 0 Å². The van der Waals surface area contributed by atoms with E-state index in [1.807, 2.05) is 0 Å². The number of allylic oxidation sites excluding steroid dienone is 3. The molecule has 0 aromatic heterocycles. The zero-order chi connectivity index (χ0) is 22.1. The summed E-state index contributed by atoms with van der Waals surface area (Å²) in [6.45, 7) is 13.2. The SMILES string of the molecule is C=C1/C(=C\C=C2\CCCC3(C)[C@@H]([C@H](C)CC[C@H](O)C(C)C)CC[C@@H]23)C[C@@H](O)C[C@@H]1O.O. The highest BCUT2D eigenvalue weighted by molar-refractivity contribution is 5.38. The Morgan fingerprint density at radius 3 is 2.52 bits per heavy atom. The van der Waals surface area contributed by atoms with Gasteiger partial charge in [-0.25, -0.2) is 0 Å². The maximum absolute atomic E-state index is 10.3. The summed E-state index contributed by atoms with van der Waals surface area (Å²) in [7, 11) is 0. The highest BCUT2D eigenvalue weighted by atomic mass is 16.3. The van der Waals surface area contributed by atoms with E-state index in [2.05, 4.69) is 46.4 Å². The van der Waals surface area contributed by atoms with Crippen molar-refractivity contribution in [1.29, 1.82) is 0 Å². The molecule has 0 saturated heterocycles. The average molecular weight is 435 g/mol. The molecule has 4 heteroatoms. The Balaban J connectivity index is 0.00000341. The average Bonchev–Trinajstić information content (AvgIpc) is 3.04. The molecule has 3 saturated carbocycles. The van der Waals surface area contributed by atoms with E-state index in [0.29, 0.717) is 36.0 Å². The molecule has 0 aromatic carbocycles. The van der Waals surface area contributed by atoms with E-state index >= 15 is 0 Å². The zero-order valence-electron chi connectivity index (χ0n) is 20.1. The van der Waals surface area contributed by atoms with Gasteiger partial charge in [0, 0.05) is 6.42 Å². The van der Waals surface area contributed by atoms with Gasteiger partial charge in [0.05, 0.1) is 18.3 Å². The number of fused-ring (bicyclic) bond motifs is 1. The maximum Gasteiger partial charge on any atom is 0.0811 e. The van der Waals surface area contributed by atoms with Crippen molar-refractivity contribution in [2.75, 3.05) is 0 Å². The molecule has 3 aliphatic carbocycles. The lowest BCUT2D eigenvalue weighted by Crippen LogP contribution is -2.36. The summed E-state index contributed by atoms with van der Waals surface area (Å²) < 4.78 is 0. The van der Waals surface area contributed by atoms with Gasteiger partial charge in [0.15, 0.2) is 0 Å². The van der Waals surface area contributed by atoms with Crippen LogP contribution in [0.15, 0.2) is 35.5 Å². The van der Waals surface area contributed by atoms with Crippen LogP contribution < -0.4 is 0 Å². The van der Waals surface area contributed by atoms with Gasteiger partial charge in [0.1, 0.15) is 0 Å². The second-order valence-corrected chi connectivity index (χ2v) is 11.0. The third-order valence-corrected chi connectivity index (χ3v) is 8.68. The fraction of sp³-hybridized carbons (Fsp3) is 0.778. The maximum atomic E-state index is 10.3. The van der Waals surface area contributed by atoms with Crippen molar-refractivity contribution in [3.05, 3.63) is 35.5 Å². The molecule has 0 radical (unpaired) electrons. The first-order valence-electron chi connectivity index (χ1n) is 12.3. The fourth-order valence-electron chi connectivity index (χ4n) is 6.65. The molecule has 5 N–H and O–H groups in total. The largest absolute Gasteiger partial charge is 0.412 e. The van der Waals surface area contributed by atoms with Gasteiger partial charge < -0.3 is 20.8 Å². The molecule has 0 spiro atoms. The summed E-state index contributed by atoms with van der Waals surface area (Å²) in [5.74, 6) is 2.35. The topological polar surface area (TPSA) is 92.2 Å². The van der Waals surface area contributed by atoms with Crippen LogP contribution in [0.4, 0.5) is 0 Å². The number of aliphatic hydroxyl groups excluding tert-OH is 3. The van der Waals surface area contributed by atoms with Gasteiger partial charge in [0.2, 0.25) is 0 Å². The summed E-state index contributed by atoms with van der Waals surface area (Å²) in [5.41, 5.74) is 3.69. The lowest BCUT2D eigenvalue weighted by Gasteiger charge is -2.44. The van der Waals surface area contributed by atoms with Gasteiger partial charge in [-0.05, 0) is 91.6 Å². The van der Waals surface area contributed by atoms with Crippen LogP contribution in [0, 0.1) is 29.1 Å². The summed E-state index contributed by atoms with van der Waals surface area (Å²) in [4.78, 5) is 0. The van der Waals surface area contributed by atoms with Crippen molar-refractivity contribution in [2.45, 2.75) is 104 Å². The molecule has 0 heterocycles. The summed E-state index contributed by atoms with van der Waals surface area (Å²) in [6.07, 6.45) is 12.4. The molecule has 31 heavy (non-hydrogen) atoms. The minimum Gasteiger partial charge on any atom is -0.412 e. The minimum absolute atomic E-state index is 0. The molecule has 3 rings (SSSR count). The van der Waals surface area contributed by atoms with Crippen molar-refractivity contribution in [3.63, 3.8) is 0 Å². The van der Waals surface area contributed by atoms with Crippen molar-refractivity contribution in [3.8, 4) is 0 Å². The Morgan fingerprint density at radius 1 is 1.13 bits per heavy atom. The van der Waals surface area contributed by atoms with Crippen molar-refractivity contribution in [2.24, 2.45) is 29.1 Å². The van der Waals surface area contributed by atoms with Gasteiger partial charge >= 0.3 is 0 Å². The van der Waals surface area contributed by atoms with Crippen molar-refractivity contribution >= 4 is 0 Å². The molecule has 3 aliphatic rings. The molecular formula is C27H46O4. The summed E-state index contributed by atoms with van der Waals surface area (Å²) in [5, 5.41) is 30.4. The third-order valence-electron chi connectivity index (χ3n) is 8.68. The normalized spacial score (nSPS) is 38.3. The molecule has 0 amide bonds. The predicted molar refractivity (Wildman–Crippen MR) is 128 cm³/mol. The molecule has 178 valence electrons. The van der Waals surface area contributed by atoms with Crippen molar-refractivity contribution < 1.29 is 20.8 Å². The first-order chi connectivity index (χ1) is 14.1. The Kier molecular flexibility index (Phi) is 9.15. The van der Waals surface area contributed by atoms with Gasteiger partial charge in [0.25, 0.3) is 0 Å². The van der Waals surface area contributed by atoms with E-state index in [1.54, 1.807) is 5.57 Å². The lowest BCUT2D eigenvalue weighted by molar-refractivity contribution is 0.0717. The molecule has 0 aliphatic heterocycles. The minimum atomic E-state index is -0.618. The smallest absolute Gasteiger partial charge is 0.0811 e. The van der Waals surface area contributed by atoms with E-state index in [0.717, 1.165) is 36.3 Å². The molecule has 3 fully saturated rings. The quantitative estimate of drug-likeness (QED) is 0.564. The predicted octanol–water partition coefficient (Wildman–Crippen LogP) is 4.74.